The minimum atomic E-state index is -0.995. The van der Waals surface area contributed by atoms with E-state index < -0.39 is 23.7 Å². The van der Waals surface area contributed by atoms with Crippen LogP contribution >= 0.6 is 11.3 Å². The SMILES string of the molecule is C=CCOC(=O)c1sc(N2C(=O)C(=O)/C(=C(/O)c3cccc(OCCCC)c3)C2c2ccncc2)nc1C. The van der Waals surface area contributed by atoms with Crippen molar-refractivity contribution in [1.29, 1.82) is 0 Å². The van der Waals surface area contributed by atoms with Crippen molar-refractivity contribution in [3.63, 3.8) is 0 Å². The minimum absolute atomic E-state index is 0.0221. The third-order valence-corrected chi connectivity index (χ3v) is 6.99. The number of thiazole rings is 1. The summed E-state index contributed by atoms with van der Waals surface area (Å²) in [4.78, 5) is 49.1. The number of unbranched alkanes of at least 4 members (excludes halogenated alkanes) is 1. The van der Waals surface area contributed by atoms with Crippen molar-refractivity contribution in [2.45, 2.75) is 32.7 Å². The van der Waals surface area contributed by atoms with Crippen LogP contribution in [0.4, 0.5) is 5.13 Å². The van der Waals surface area contributed by atoms with Gasteiger partial charge >= 0.3 is 11.9 Å². The lowest BCUT2D eigenvalue weighted by Crippen LogP contribution is -2.29. The molecule has 0 spiro atoms. The van der Waals surface area contributed by atoms with E-state index in [0.29, 0.717) is 29.2 Å². The molecule has 1 aliphatic heterocycles. The number of ketones is 1. The van der Waals surface area contributed by atoms with Crippen LogP contribution in [-0.4, -0.2) is 45.9 Å². The number of aromatic nitrogens is 2. The van der Waals surface area contributed by atoms with E-state index in [-0.39, 0.29) is 27.9 Å². The van der Waals surface area contributed by atoms with Gasteiger partial charge in [0.05, 0.1) is 23.9 Å². The number of carbonyl (C=O) groups excluding carboxylic acids is 3. The van der Waals surface area contributed by atoms with Crippen molar-refractivity contribution in [1.82, 2.24) is 9.97 Å². The maximum absolute atomic E-state index is 13.4. The van der Waals surface area contributed by atoms with Crippen molar-refractivity contribution in [2.24, 2.45) is 0 Å². The van der Waals surface area contributed by atoms with Gasteiger partial charge < -0.3 is 14.6 Å². The van der Waals surface area contributed by atoms with Crippen LogP contribution in [0.25, 0.3) is 5.76 Å². The van der Waals surface area contributed by atoms with Gasteiger partial charge in [0.15, 0.2) is 5.13 Å². The molecule has 4 rings (SSSR count). The summed E-state index contributed by atoms with van der Waals surface area (Å²) in [5, 5.41) is 11.5. The number of hydrogen-bond acceptors (Lipinski definition) is 9. The number of Topliss-reactive ketones (excluding diaryl/α,β-unsaturated/α-hetero) is 1. The third-order valence-electron chi connectivity index (χ3n) is 5.85. The molecule has 1 atom stereocenters. The summed E-state index contributed by atoms with van der Waals surface area (Å²) in [6.45, 7) is 7.74. The number of aliphatic hydroxyl groups excluding tert-OH is 1. The fourth-order valence-electron chi connectivity index (χ4n) is 3.99. The average molecular weight is 534 g/mol. The highest BCUT2D eigenvalue weighted by atomic mass is 32.1. The number of pyridine rings is 1. The predicted octanol–water partition coefficient (Wildman–Crippen LogP) is 4.99. The first-order chi connectivity index (χ1) is 18.4. The zero-order valence-electron chi connectivity index (χ0n) is 21.0. The Morgan fingerprint density at radius 3 is 2.71 bits per heavy atom. The fourth-order valence-corrected chi connectivity index (χ4v) is 4.98. The number of benzene rings is 1. The normalized spacial score (nSPS) is 16.5. The molecular formula is C28H27N3O6S. The lowest BCUT2D eigenvalue weighted by Gasteiger charge is -2.22. The number of ether oxygens (including phenoxy) is 2. The van der Waals surface area contributed by atoms with Crippen LogP contribution in [-0.2, 0) is 14.3 Å². The highest BCUT2D eigenvalue weighted by Gasteiger charge is 2.48. The van der Waals surface area contributed by atoms with Crippen LogP contribution in [0.1, 0.15) is 52.3 Å². The second kappa shape index (κ2) is 11.8. The zero-order valence-corrected chi connectivity index (χ0v) is 21.9. The van der Waals surface area contributed by atoms with E-state index in [9.17, 15) is 19.5 Å². The molecule has 1 aromatic carbocycles. The predicted molar refractivity (Wildman–Crippen MR) is 143 cm³/mol. The molecule has 196 valence electrons. The van der Waals surface area contributed by atoms with E-state index in [4.69, 9.17) is 9.47 Å². The van der Waals surface area contributed by atoms with Crippen molar-refractivity contribution < 1.29 is 29.0 Å². The Kier molecular flexibility index (Phi) is 8.32. The van der Waals surface area contributed by atoms with E-state index in [1.807, 2.05) is 0 Å². The number of anilines is 1. The first kappa shape index (κ1) is 26.7. The second-order valence-electron chi connectivity index (χ2n) is 8.48. The highest BCUT2D eigenvalue weighted by Crippen LogP contribution is 2.44. The van der Waals surface area contributed by atoms with Gasteiger partial charge in [-0.2, -0.15) is 0 Å². The van der Waals surface area contributed by atoms with Crippen molar-refractivity contribution in [2.75, 3.05) is 18.1 Å². The Hall–Kier alpha value is -4.31. The highest BCUT2D eigenvalue weighted by molar-refractivity contribution is 7.17. The minimum Gasteiger partial charge on any atom is -0.507 e. The topological polar surface area (TPSA) is 119 Å². The summed E-state index contributed by atoms with van der Waals surface area (Å²) >= 11 is 0.936. The smallest absolute Gasteiger partial charge is 0.350 e. The van der Waals surface area contributed by atoms with Crippen LogP contribution < -0.4 is 9.64 Å². The van der Waals surface area contributed by atoms with Crippen LogP contribution in [0.3, 0.4) is 0 Å². The molecule has 9 nitrogen and oxygen atoms in total. The molecule has 0 aliphatic carbocycles. The number of amides is 1. The molecule has 1 unspecified atom stereocenters. The Labute approximate surface area is 224 Å². The molecule has 3 aromatic rings. The van der Waals surface area contributed by atoms with E-state index >= 15 is 0 Å². The Morgan fingerprint density at radius 1 is 1.24 bits per heavy atom. The number of nitrogens with zero attached hydrogens (tertiary/aromatic N) is 3. The van der Waals surface area contributed by atoms with Crippen molar-refractivity contribution >= 4 is 39.9 Å². The third kappa shape index (κ3) is 5.35. The molecule has 0 bridgehead atoms. The largest absolute Gasteiger partial charge is 0.507 e. The first-order valence-corrected chi connectivity index (χ1v) is 12.9. The zero-order chi connectivity index (χ0) is 27.2. The quantitative estimate of drug-likeness (QED) is 0.0966. The van der Waals surface area contributed by atoms with Crippen LogP contribution in [0.2, 0.25) is 0 Å². The molecule has 1 N–H and O–H groups in total. The molecule has 3 heterocycles. The lowest BCUT2D eigenvalue weighted by molar-refractivity contribution is -0.132. The number of aryl methyl sites for hydroxylation is 1. The molecule has 1 aliphatic rings. The number of rotatable bonds is 10. The van der Waals surface area contributed by atoms with Gasteiger partial charge in [0.25, 0.3) is 5.78 Å². The number of hydrogen-bond donors (Lipinski definition) is 1. The summed E-state index contributed by atoms with van der Waals surface area (Å²) < 4.78 is 10.9. The summed E-state index contributed by atoms with van der Waals surface area (Å²) in [5.41, 5.74) is 1.13. The Bertz CT molecular complexity index is 1400. The molecule has 38 heavy (non-hydrogen) atoms. The van der Waals surface area contributed by atoms with Crippen LogP contribution in [0.5, 0.6) is 5.75 Å². The standard InChI is InChI=1S/C28H27N3O6S/c1-4-6-15-36-20-9-7-8-19(16-20)23(32)21-22(18-10-12-29-13-11-18)31(26(34)24(21)33)28-30-17(3)25(38-28)27(35)37-14-5-2/h5,7-13,16,22,32H,2,4,6,14-15H2,1,3H3/b23-21+. The Balaban J connectivity index is 1.81. The van der Waals surface area contributed by atoms with Gasteiger partial charge in [-0.15, -0.1) is 0 Å². The molecule has 10 heteroatoms. The van der Waals surface area contributed by atoms with Gasteiger partial charge in [0, 0.05) is 18.0 Å². The lowest BCUT2D eigenvalue weighted by atomic mass is 9.96. The summed E-state index contributed by atoms with van der Waals surface area (Å²) in [6, 6.07) is 9.05. The molecule has 2 aromatic heterocycles. The van der Waals surface area contributed by atoms with Gasteiger partial charge in [-0.05, 0) is 43.2 Å². The molecular weight excluding hydrogens is 506 g/mol. The molecule has 1 fully saturated rings. The average Bonchev–Trinajstić information content (AvgIpc) is 3.44. The van der Waals surface area contributed by atoms with Crippen LogP contribution in [0, 0.1) is 6.92 Å². The van der Waals surface area contributed by atoms with Gasteiger partial charge in [0.1, 0.15) is 23.0 Å². The number of carbonyl (C=O) groups is 3. The van der Waals surface area contributed by atoms with Crippen molar-refractivity contribution in [3.05, 3.63) is 88.7 Å². The van der Waals surface area contributed by atoms with Gasteiger partial charge in [-0.1, -0.05) is 49.5 Å². The van der Waals surface area contributed by atoms with E-state index in [1.54, 1.807) is 43.3 Å². The van der Waals surface area contributed by atoms with E-state index in [2.05, 4.69) is 23.5 Å². The second-order valence-corrected chi connectivity index (χ2v) is 9.46. The van der Waals surface area contributed by atoms with Gasteiger partial charge in [-0.3, -0.25) is 19.5 Å². The maximum atomic E-state index is 13.4. The monoisotopic (exact) mass is 533 g/mol. The number of esters is 1. The van der Waals surface area contributed by atoms with Crippen molar-refractivity contribution in [3.8, 4) is 5.75 Å². The number of aliphatic hydroxyl groups is 1. The van der Waals surface area contributed by atoms with E-state index in [1.165, 1.54) is 23.4 Å². The maximum Gasteiger partial charge on any atom is 0.350 e. The first-order valence-electron chi connectivity index (χ1n) is 12.1. The van der Waals surface area contributed by atoms with Crippen LogP contribution in [0.15, 0.2) is 67.0 Å². The summed E-state index contributed by atoms with van der Waals surface area (Å²) in [6.07, 6.45) is 6.35. The van der Waals surface area contributed by atoms with E-state index in [0.717, 1.165) is 24.2 Å². The molecule has 1 amide bonds. The fraction of sp³-hybridized carbons (Fsp3) is 0.250. The summed E-state index contributed by atoms with van der Waals surface area (Å²) in [7, 11) is 0. The van der Waals surface area contributed by atoms with Gasteiger partial charge in [0.2, 0.25) is 0 Å². The molecule has 1 saturated heterocycles. The van der Waals surface area contributed by atoms with Gasteiger partial charge in [-0.25, -0.2) is 9.78 Å². The molecule has 0 saturated carbocycles. The Morgan fingerprint density at radius 2 is 2.00 bits per heavy atom. The molecule has 0 radical (unpaired) electrons. The summed E-state index contributed by atoms with van der Waals surface area (Å²) in [5.74, 6) is -2.15.